The molecule has 1 aromatic carbocycles. The number of hydrogen-bond donors (Lipinski definition) is 1. The molecule has 1 atom stereocenters. The van der Waals surface area contributed by atoms with E-state index >= 15 is 0 Å². The van der Waals surface area contributed by atoms with Crippen molar-refractivity contribution in [2.75, 3.05) is 32.8 Å². The molecule has 0 saturated carbocycles. The van der Waals surface area contributed by atoms with E-state index in [1.807, 2.05) is 23.1 Å². The van der Waals surface area contributed by atoms with Gasteiger partial charge in [-0.25, -0.2) is 0 Å². The lowest BCUT2D eigenvalue weighted by Gasteiger charge is -2.35. The molecule has 3 heterocycles. The van der Waals surface area contributed by atoms with Gasteiger partial charge in [-0.05, 0) is 37.1 Å². The lowest BCUT2D eigenvalue weighted by molar-refractivity contribution is -0.142. The molecule has 25 heavy (non-hydrogen) atoms. The zero-order chi connectivity index (χ0) is 17.4. The minimum Gasteiger partial charge on any atom is -0.368 e. The molecule has 2 saturated heterocycles. The molecule has 0 aliphatic carbocycles. The SMILES string of the molecule is O=C(c1cc2cc(Cl)ccc2[nH]1)N1CCN(C(=O)[C@H]2CCCO2)CC1. The third kappa shape index (κ3) is 3.24. The average molecular weight is 362 g/mol. The number of fused-ring (bicyclic) bond motifs is 1. The van der Waals surface area contributed by atoms with Crippen molar-refractivity contribution in [3.8, 4) is 0 Å². The highest BCUT2D eigenvalue weighted by atomic mass is 35.5. The van der Waals surface area contributed by atoms with Crippen molar-refractivity contribution in [3.63, 3.8) is 0 Å². The molecule has 0 unspecified atom stereocenters. The van der Waals surface area contributed by atoms with Gasteiger partial charge in [0.2, 0.25) is 0 Å². The van der Waals surface area contributed by atoms with Crippen LogP contribution in [0.1, 0.15) is 23.3 Å². The second-order valence-corrected chi connectivity index (χ2v) is 6.97. The average Bonchev–Trinajstić information content (AvgIpc) is 3.30. The number of benzene rings is 1. The fourth-order valence-electron chi connectivity index (χ4n) is 3.50. The molecule has 2 aliphatic heterocycles. The number of rotatable bonds is 2. The predicted octanol–water partition coefficient (Wildman–Crippen LogP) is 2.28. The van der Waals surface area contributed by atoms with Crippen LogP contribution in [0.5, 0.6) is 0 Å². The molecule has 2 fully saturated rings. The van der Waals surface area contributed by atoms with Crippen LogP contribution in [-0.4, -0.2) is 65.5 Å². The summed E-state index contributed by atoms with van der Waals surface area (Å²) in [4.78, 5) is 31.8. The molecule has 7 heteroatoms. The van der Waals surface area contributed by atoms with E-state index in [9.17, 15) is 9.59 Å². The molecular formula is C18H20ClN3O3. The molecule has 132 valence electrons. The second kappa shape index (κ2) is 6.69. The number of H-pyrrole nitrogens is 1. The van der Waals surface area contributed by atoms with E-state index in [1.165, 1.54) is 0 Å². The first-order valence-corrected chi connectivity index (χ1v) is 8.97. The Labute approximate surface area is 150 Å². The maximum absolute atomic E-state index is 12.7. The highest BCUT2D eigenvalue weighted by molar-refractivity contribution is 6.31. The van der Waals surface area contributed by atoms with E-state index in [0.29, 0.717) is 43.5 Å². The number of aromatic amines is 1. The number of aromatic nitrogens is 1. The van der Waals surface area contributed by atoms with Crippen LogP contribution in [-0.2, 0) is 9.53 Å². The fourth-order valence-corrected chi connectivity index (χ4v) is 3.68. The van der Waals surface area contributed by atoms with Gasteiger partial charge in [0, 0.05) is 48.7 Å². The van der Waals surface area contributed by atoms with Gasteiger partial charge in [-0.2, -0.15) is 0 Å². The third-order valence-electron chi connectivity index (χ3n) is 4.90. The molecule has 2 aromatic rings. The first kappa shape index (κ1) is 16.4. The molecule has 0 spiro atoms. The Kier molecular flexibility index (Phi) is 4.39. The molecule has 2 aliphatic rings. The van der Waals surface area contributed by atoms with Crippen molar-refractivity contribution in [1.29, 1.82) is 0 Å². The summed E-state index contributed by atoms with van der Waals surface area (Å²) >= 11 is 6.00. The van der Waals surface area contributed by atoms with Gasteiger partial charge < -0.3 is 19.5 Å². The number of amides is 2. The zero-order valence-corrected chi connectivity index (χ0v) is 14.6. The molecule has 6 nitrogen and oxygen atoms in total. The number of hydrogen-bond acceptors (Lipinski definition) is 3. The summed E-state index contributed by atoms with van der Waals surface area (Å²) in [6.07, 6.45) is 1.45. The lowest BCUT2D eigenvalue weighted by atomic mass is 10.2. The summed E-state index contributed by atoms with van der Waals surface area (Å²) in [7, 11) is 0. The maximum atomic E-state index is 12.7. The van der Waals surface area contributed by atoms with Crippen LogP contribution in [0.4, 0.5) is 0 Å². The molecule has 0 radical (unpaired) electrons. The Hall–Kier alpha value is -2.05. The Morgan fingerprint density at radius 1 is 1.12 bits per heavy atom. The number of nitrogens with zero attached hydrogens (tertiary/aromatic N) is 2. The quantitative estimate of drug-likeness (QED) is 0.892. The third-order valence-corrected chi connectivity index (χ3v) is 5.13. The minimum absolute atomic E-state index is 0.0449. The van der Waals surface area contributed by atoms with E-state index in [1.54, 1.807) is 11.0 Å². The van der Waals surface area contributed by atoms with Gasteiger partial charge in [0.1, 0.15) is 11.8 Å². The van der Waals surface area contributed by atoms with Crippen molar-refractivity contribution in [2.45, 2.75) is 18.9 Å². The zero-order valence-electron chi connectivity index (χ0n) is 13.8. The lowest BCUT2D eigenvalue weighted by Crippen LogP contribution is -2.52. The van der Waals surface area contributed by atoms with E-state index in [0.717, 1.165) is 23.7 Å². The summed E-state index contributed by atoms with van der Waals surface area (Å²) in [5, 5.41) is 1.56. The number of piperazine rings is 1. The highest BCUT2D eigenvalue weighted by Gasteiger charge is 2.31. The second-order valence-electron chi connectivity index (χ2n) is 6.53. The predicted molar refractivity (Wildman–Crippen MR) is 94.8 cm³/mol. The van der Waals surface area contributed by atoms with Crippen LogP contribution in [0, 0.1) is 0 Å². The van der Waals surface area contributed by atoms with Gasteiger partial charge in [-0.1, -0.05) is 11.6 Å². The van der Waals surface area contributed by atoms with Crippen LogP contribution >= 0.6 is 11.6 Å². The van der Waals surface area contributed by atoms with Gasteiger partial charge in [0.05, 0.1) is 0 Å². The first-order chi connectivity index (χ1) is 12.1. The van der Waals surface area contributed by atoms with Crippen LogP contribution in [0.3, 0.4) is 0 Å². The highest BCUT2D eigenvalue weighted by Crippen LogP contribution is 2.21. The van der Waals surface area contributed by atoms with Crippen molar-refractivity contribution in [3.05, 3.63) is 35.0 Å². The topological polar surface area (TPSA) is 65.6 Å². The summed E-state index contributed by atoms with van der Waals surface area (Å²) in [6, 6.07) is 7.33. The maximum Gasteiger partial charge on any atom is 0.270 e. The number of carbonyl (C=O) groups is 2. The van der Waals surface area contributed by atoms with Gasteiger partial charge in [0.25, 0.3) is 11.8 Å². The fraction of sp³-hybridized carbons (Fsp3) is 0.444. The summed E-state index contributed by atoms with van der Waals surface area (Å²) < 4.78 is 5.47. The van der Waals surface area contributed by atoms with E-state index in [4.69, 9.17) is 16.3 Å². The van der Waals surface area contributed by atoms with Crippen LogP contribution in [0.25, 0.3) is 10.9 Å². The van der Waals surface area contributed by atoms with Crippen molar-refractivity contribution < 1.29 is 14.3 Å². The van der Waals surface area contributed by atoms with Crippen LogP contribution in [0.15, 0.2) is 24.3 Å². The number of carbonyl (C=O) groups excluding carboxylic acids is 2. The molecular weight excluding hydrogens is 342 g/mol. The number of ether oxygens (including phenoxy) is 1. The van der Waals surface area contributed by atoms with Crippen LogP contribution < -0.4 is 0 Å². The number of halogens is 1. The summed E-state index contributed by atoms with van der Waals surface area (Å²) in [5.41, 5.74) is 1.44. The van der Waals surface area contributed by atoms with E-state index in [2.05, 4.69) is 4.98 Å². The Morgan fingerprint density at radius 2 is 1.88 bits per heavy atom. The van der Waals surface area contributed by atoms with Crippen LogP contribution in [0.2, 0.25) is 5.02 Å². The van der Waals surface area contributed by atoms with Crippen molar-refractivity contribution in [1.82, 2.24) is 14.8 Å². The van der Waals surface area contributed by atoms with Crippen molar-refractivity contribution in [2.24, 2.45) is 0 Å². The Balaban J connectivity index is 1.41. The Morgan fingerprint density at radius 3 is 2.60 bits per heavy atom. The van der Waals surface area contributed by atoms with Crippen molar-refractivity contribution >= 4 is 34.3 Å². The molecule has 1 aromatic heterocycles. The summed E-state index contributed by atoms with van der Waals surface area (Å²) in [5.74, 6) is 0.0152. The Bertz CT molecular complexity index is 805. The molecule has 0 bridgehead atoms. The number of nitrogens with one attached hydrogen (secondary N) is 1. The van der Waals surface area contributed by atoms with Gasteiger partial charge in [-0.3, -0.25) is 9.59 Å². The molecule has 4 rings (SSSR count). The van der Waals surface area contributed by atoms with Gasteiger partial charge in [-0.15, -0.1) is 0 Å². The van der Waals surface area contributed by atoms with E-state index in [-0.39, 0.29) is 17.9 Å². The van der Waals surface area contributed by atoms with E-state index < -0.39 is 0 Å². The first-order valence-electron chi connectivity index (χ1n) is 8.60. The van der Waals surface area contributed by atoms with Gasteiger partial charge >= 0.3 is 0 Å². The molecule has 1 N–H and O–H groups in total. The normalized spacial score (nSPS) is 21.1. The minimum atomic E-state index is -0.291. The standard InChI is InChI=1S/C18H20ClN3O3/c19-13-3-4-14-12(10-13)11-15(20-14)17(23)21-5-7-22(8-6-21)18(24)16-2-1-9-25-16/h3-4,10-11,16,20H,1-2,5-9H2/t16-/m1/s1. The largest absolute Gasteiger partial charge is 0.368 e. The summed E-state index contributed by atoms with van der Waals surface area (Å²) in [6.45, 7) is 2.84. The smallest absolute Gasteiger partial charge is 0.270 e. The molecule has 2 amide bonds. The van der Waals surface area contributed by atoms with Gasteiger partial charge in [0.15, 0.2) is 0 Å². The monoisotopic (exact) mass is 361 g/mol.